The molecule has 5 nitrogen and oxygen atoms in total. The van der Waals surface area contributed by atoms with Gasteiger partial charge in [0.2, 0.25) is 0 Å². The maximum Gasteiger partial charge on any atom is 0.331 e. The van der Waals surface area contributed by atoms with Crippen LogP contribution in [0.4, 0.5) is 15.3 Å². The maximum atomic E-state index is 11.6. The van der Waals surface area contributed by atoms with Crippen molar-refractivity contribution in [2.24, 2.45) is 0 Å². The lowest BCUT2D eigenvalue weighted by Crippen LogP contribution is -2.58. The Kier molecular flexibility index (Phi) is 2.70. The molecule has 0 atom stereocenters. The van der Waals surface area contributed by atoms with Crippen LogP contribution in [0, 0.1) is 0 Å². The van der Waals surface area contributed by atoms with E-state index in [0.29, 0.717) is 10.7 Å². The van der Waals surface area contributed by atoms with Crippen LogP contribution in [-0.2, 0) is 0 Å². The topological polar surface area (TPSA) is 52.6 Å². The monoisotopic (exact) mass is 239 g/mol. The van der Waals surface area contributed by atoms with Crippen LogP contribution < -0.4 is 10.2 Å². The highest BCUT2D eigenvalue weighted by Gasteiger charge is 2.27. The molecule has 4 amide bonds. The summed E-state index contributed by atoms with van der Waals surface area (Å²) < 4.78 is 0. The molecule has 0 spiro atoms. The Balaban J connectivity index is 2.24. The Morgan fingerprint density at radius 2 is 1.81 bits per heavy atom. The molecule has 1 aliphatic rings. The predicted molar refractivity (Wildman–Crippen MR) is 60.5 cm³/mol. The molecule has 0 unspecified atom stereocenters. The Morgan fingerprint density at radius 3 is 2.44 bits per heavy atom. The summed E-state index contributed by atoms with van der Waals surface area (Å²) in [5.74, 6) is 0. The summed E-state index contributed by atoms with van der Waals surface area (Å²) in [6, 6.07) is 6.03. The van der Waals surface area contributed by atoms with Gasteiger partial charge in [-0.3, -0.25) is 10.2 Å². The number of amides is 4. The number of carbonyl (C=O) groups is 2. The zero-order valence-electron chi connectivity index (χ0n) is 8.61. The van der Waals surface area contributed by atoms with Crippen molar-refractivity contribution in [1.82, 2.24) is 10.2 Å². The highest BCUT2D eigenvalue weighted by atomic mass is 35.5. The summed E-state index contributed by atoms with van der Waals surface area (Å²) in [6.45, 7) is 0.228. The van der Waals surface area contributed by atoms with E-state index in [-0.39, 0.29) is 6.67 Å². The molecule has 16 heavy (non-hydrogen) atoms. The van der Waals surface area contributed by atoms with Crippen LogP contribution in [0.2, 0.25) is 5.02 Å². The zero-order valence-corrected chi connectivity index (χ0v) is 9.36. The molecule has 1 aliphatic heterocycles. The highest BCUT2D eigenvalue weighted by molar-refractivity contribution is 6.30. The number of anilines is 1. The number of rotatable bonds is 1. The van der Waals surface area contributed by atoms with Crippen molar-refractivity contribution < 1.29 is 9.59 Å². The van der Waals surface area contributed by atoms with E-state index in [0.717, 1.165) is 0 Å². The number of carbonyl (C=O) groups excluding carboxylic acids is 2. The third-order valence-electron chi connectivity index (χ3n) is 2.30. The fraction of sp³-hybridized carbons (Fsp3) is 0.200. The quantitative estimate of drug-likeness (QED) is 0.814. The molecule has 1 aromatic rings. The summed E-state index contributed by atoms with van der Waals surface area (Å²) in [5, 5.41) is 2.84. The molecular formula is C10H10ClN3O2. The van der Waals surface area contributed by atoms with Crippen LogP contribution in [0.15, 0.2) is 24.3 Å². The molecule has 0 aliphatic carbocycles. The van der Waals surface area contributed by atoms with Gasteiger partial charge in [0.15, 0.2) is 0 Å². The van der Waals surface area contributed by atoms with Gasteiger partial charge in [-0.2, -0.15) is 0 Å². The molecule has 2 rings (SSSR count). The van der Waals surface area contributed by atoms with E-state index in [1.807, 2.05) is 0 Å². The minimum absolute atomic E-state index is 0.228. The van der Waals surface area contributed by atoms with Gasteiger partial charge in [0.05, 0.1) is 0 Å². The first-order chi connectivity index (χ1) is 7.58. The van der Waals surface area contributed by atoms with Crippen LogP contribution in [0.25, 0.3) is 0 Å². The first kappa shape index (κ1) is 10.8. The molecule has 1 N–H and O–H groups in total. The van der Waals surface area contributed by atoms with E-state index < -0.39 is 12.1 Å². The first-order valence-electron chi connectivity index (χ1n) is 4.67. The summed E-state index contributed by atoms with van der Waals surface area (Å²) >= 11 is 5.76. The third kappa shape index (κ3) is 1.94. The van der Waals surface area contributed by atoms with E-state index in [2.05, 4.69) is 5.32 Å². The molecule has 1 heterocycles. The Bertz CT molecular complexity index is 432. The number of nitrogens with zero attached hydrogens (tertiary/aromatic N) is 2. The van der Waals surface area contributed by atoms with E-state index in [9.17, 15) is 9.59 Å². The molecule has 1 fully saturated rings. The smallest absolute Gasteiger partial charge is 0.309 e. The molecule has 0 radical (unpaired) electrons. The maximum absolute atomic E-state index is 11.6. The molecule has 6 heteroatoms. The van der Waals surface area contributed by atoms with E-state index >= 15 is 0 Å². The summed E-state index contributed by atoms with van der Waals surface area (Å²) in [4.78, 5) is 25.6. The van der Waals surface area contributed by atoms with Crippen LogP contribution in [0.3, 0.4) is 0 Å². The van der Waals surface area contributed by atoms with E-state index in [1.165, 1.54) is 9.80 Å². The van der Waals surface area contributed by atoms with E-state index in [4.69, 9.17) is 11.6 Å². The van der Waals surface area contributed by atoms with Gasteiger partial charge < -0.3 is 4.90 Å². The summed E-state index contributed by atoms with van der Waals surface area (Å²) in [5.41, 5.74) is 0.696. The van der Waals surface area contributed by atoms with Crippen LogP contribution in [-0.4, -0.2) is 30.7 Å². The van der Waals surface area contributed by atoms with Crippen molar-refractivity contribution in [2.75, 3.05) is 18.6 Å². The fourth-order valence-corrected chi connectivity index (χ4v) is 1.54. The van der Waals surface area contributed by atoms with Crippen molar-refractivity contribution in [3.05, 3.63) is 29.3 Å². The van der Waals surface area contributed by atoms with Crippen molar-refractivity contribution in [2.45, 2.75) is 0 Å². The molecular weight excluding hydrogens is 230 g/mol. The van der Waals surface area contributed by atoms with Gasteiger partial charge in [-0.15, -0.1) is 0 Å². The first-order valence-corrected chi connectivity index (χ1v) is 5.05. The molecule has 84 valence electrons. The molecule has 1 aromatic carbocycles. The van der Waals surface area contributed by atoms with Crippen molar-refractivity contribution in [3.8, 4) is 0 Å². The average molecular weight is 240 g/mol. The second kappa shape index (κ2) is 4.02. The van der Waals surface area contributed by atoms with Gasteiger partial charge in [0, 0.05) is 17.8 Å². The Labute approximate surface area is 97.6 Å². The number of halogens is 1. The van der Waals surface area contributed by atoms with Gasteiger partial charge in [-0.25, -0.2) is 9.59 Å². The number of benzene rings is 1. The molecule has 0 bridgehead atoms. The molecule has 0 saturated carbocycles. The summed E-state index contributed by atoms with van der Waals surface area (Å²) in [7, 11) is 1.62. The van der Waals surface area contributed by atoms with Crippen LogP contribution in [0.5, 0.6) is 0 Å². The van der Waals surface area contributed by atoms with Crippen LogP contribution >= 0.6 is 11.6 Å². The van der Waals surface area contributed by atoms with Crippen molar-refractivity contribution >= 4 is 29.4 Å². The van der Waals surface area contributed by atoms with E-state index in [1.54, 1.807) is 31.3 Å². The van der Waals surface area contributed by atoms with Gasteiger partial charge in [0.1, 0.15) is 6.67 Å². The number of hydrogen-bond acceptors (Lipinski definition) is 2. The predicted octanol–water partition coefficient (Wildman–Crippen LogP) is 1.88. The Hall–Kier alpha value is -1.75. The Morgan fingerprint density at radius 1 is 1.19 bits per heavy atom. The lowest BCUT2D eigenvalue weighted by Gasteiger charge is -2.32. The van der Waals surface area contributed by atoms with Crippen molar-refractivity contribution in [1.29, 1.82) is 0 Å². The van der Waals surface area contributed by atoms with Gasteiger partial charge in [-0.05, 0) is 24.3 Å². The minimum Gasteiger partial charge on any atom is -0.309 e. The SMILES string of the molecule is CN1CN(c2ccc(Cl)cc2)C(=O)NC1=O. The zero-order chi connectivity index (χ0) is 11.7. The largest absolute Gasteiger partial charge is 0.331 e. The average Bonchev–Trinajstić information content (AvgIpc) is 2.25. The van der Waals surface area contributed by atoms with Gasteiger partial charge in [-0.1, -0.05) is 11.6 Å². The third-order valence-corrected chi connectivity index (χ3v) is 2.55. The minimum atomic E-state index is -0.426. The lowest BCUT2D eigenvalue weighted by molar-refractivity contribution is 0.194. The lowest BCUT2D eigenvalue weighted by atomic mass is 10.3. The standard InChI is InChI=1S/C10H10ClN3O2/c1-13-6-14(10(16)12-9(13)15)8-4-2-7(11)3-5-8/h2-5H,6H2,1H3,(H,12,15,16). The molecule has 0 aromatic heterocycles. The number of urea groups is 2. The number of nitrogens with one attached hydrogen (secondary N) is 1. The second-order valence-corrected chi connectivity index (χ2v) is 3.92. The van der Waals surface area contributed by atoms with Crippen molar-refractivity contribution in [3.63, 3.8) is 0 Å². The second-order valence-electron chi connectivity index (χ2n) is 3.48. The number of imide groups is 1. The number of hydrogen-bond donors (Lipinski definition) is 1. The van der Waals surface area contributed by atoms with Gasteiger partial charge >= 0.3 is 12.1 Å². The summed E-state index contributed by atoms with van der Waals surface area (Å²) in [6.07, 6.45) is 0. The normalized spacial score (nSPS) is 16.4. The fourth-order valence-electron chi connectivity index (χ4n) is 1.41. The van der Waals surface area contributed by atoms with Gasteiger partial charge in [0.25, 0.3) is 0 Å². The highest BCUT2D eigenvalue weighted by Crippen LogP contribution is 2.19. The van der Waals surface area contributed by atoms with Crippen LogP contribution in [0.1, 0.15) is 0 Å². The molecule has 1 saturated heterocycles.